The van der Waals surface area contributed by atoms with Crippen molar-refractivity contribution in [2.24, 2.45) is 0 Å². The standard InChI is InChI=1S/C8H6Cl2N2O3/c9-5-1-4(2-11-7(5)10)8(15)12-3-6(13)14/h1-2H,3H2,(H,12,15)(H,13,14). The van der Waals surface area contributed by atoms with Crippen molar-refractivity contribution in [3.8, 4) is 0 Å². The van der Waals surface area contributed by atoms with Gasteiger partial charge in [-0.05, 0) is 6.07 Å². The molecule has 0 saturated carbocycles. The Balaban J connectivity index is 2.74. The van der Waals surface area contributed by atoms with Gasteiger partial charge in [0.2, 0.25) is 0 Å². The Bertz CT molecular complexity index is 409. The zero-order valence-electron chi connectivity index (χ0n) is 7.33. The van der Waals surface area contributed by atoms with E-state index in [-0.39, 0.29) is 15.7 Å². The molecule has 7 heteroatoms. The zero-order chi connectivity index (χ0) is 11.4. The Morgan fingerprint density at radius 2 is 2.13 bits per heavy atom. The van der Waals surface area contributed by atoms with Gasteiger partial charge in [0.15, 0.2) is 0 Å². The van der Waals surface area contributed by atoms with Crippen LogP contribution in [0.15, 0.2) is 12.3 Å². The third kappa shape index (κ3) is 3.38. The van der Waals surface area contributed by atoms with Crippen LogP contribution in [-0.2, 0) is 4.79 Å². The highest BCUT2D eigenvalue weighted by molar-refractivity contribution is 6.41. The number of carboxylic acid groups (broad SMARTS) is 1. The van der Waals surface area contributed by atoms with Crippen molar-refractivity contribution in [3.05, 3.63) is 28.0 Å². The van der Waals surface area contributed by atoms with Crippen molar-refractivity contribution in [1.29, 1.82) is 0 Å². The molecule has 1 rings (SSSR count). The average Bonchev–Trinajstić information content (AvgIpc) is 2.18. The van der Waals surface area contributed by atoms with Gasteiger partial charge >= 0.3 is 5.97 Å². The van der Waals surface area contributed by atoms with Gasteiger partial charge in [-0.1, -0.05) is 23.2 Å². The summed E-state index contributed by atoms with van der Waals surface area (Å²) in [6.07, 6.45) is 1.21. The maximum absolute atomic E-state index is 11.3. The van der Waals surface area contributed by atoms with Crippen LogP contribution in [0.25, 0.3) is 0 Å². The number of carboxylic acids is 1. The Hall–Kier alpha value is -1.33. The lowest BCUT2D eigenvalue weighted by molar-refractivity contribution is -0.135. The van der Waals surface area contributed by atoms with Crippen LogP contribution in [0.5, 0.6) is 0 Å². The summed E-state index contributed by atoms with van der Waals surface area (Å²) in [6.45, 7) is -0.459. The topological polar surface area (TPSA) is 79.3 Å². The first kappa shape index (κ1) is 11.7. The molecule has 0 aliphatic heterocycles. The second-order valence-corrected chi connectivity index (χ2v) is 3.34. The number of hydrogen-bond donors (Lipinski definition) is 2. The number of hydrogen-bond acceptors (Lipinski definition) is 3. The molecule has 0 atom stereocenters. The number of nitrogens with zero attached hydrogens (tertiary/aromatic N) is 1. The van der Waals surface area contributed by atoms with Gasteiger partial charge in [0.1, 0.15) is 11.7 Å². The minimum absolute atomic E-state index is 0.0893. The molecule has 0 saturated heterocycles. The molecule has 5 nitrogen and oxygen atoms in total. The molecule has 1 heterocycles. The summed E-state index contributed by atoms with van der Waals surface area (Å²) in [6, 6.07) is 1.31. The number of carbonyl (C=O) groups excluding carboxylic acids is 1. The highest BCUT2D eigenvalue weighted by atomic mass is 35.5. The van der Waals surface area contributed by atoms with Gasteiger partial charge < -0.3 is 10.4 Å². The Morgan fingerprint density at radius 3 is 2.67 bits per heavy atom. The molecule has 0 spiro atoms. The lowest BCUT2D eigenvalue weighted by Gasteiger charge is -2.02. The van der Waals surface area contributed by atoms with Crippen LogP contribution >= 0.6 is 23.2 Å². The first-order chi connectivity index (χ1) is 7.00. The largest absolute Gasteiger partial charge is 0.480 e. The number of halogens is 2. The molecule has 0 bridgehead atoms. The van der Waals surface area contributed by atoms with Gasteiger partial charge in [-0.25, -0.2) is 4.98 Å². The van der Waals surface area contributed by atoms with E-state index in [2.05, 4.69) is 10.3 Å². The normalized spacial score (nSPS) is 9.73. The van der Waals surface area contributed by atoms with Crippen molar-refractivity contribution in [1.82, 2.24) is 10.3 Å². The quantitative estimate of drug-likeness (QED) is 0.789. The molecule has 0 unspecified atom stereocenters. The fourth-order valence-corrected chi connectivity index (χ4v) is 1.07. The zero-order valence-corrected chi connectivity index (χ0v) is 8.84. The first-order valence-electron chi connectivity index (χ1n) is 3.81. The van der Waals surface area contributed by atoms with Gasteiger partial charge in [0.25, 0.3) is 5.91 Å². The number of amides is 1. The van der Waals surface area contributed by atoms with Crippen LogP contribution in [0, 0.1) is 0 Å². The van der Waals surface area contributed by atoms with E-state index in [4.69, 9.17) is 28.3 Å². The van der Waals surface area contributed by atoms with E-state index in [0.717, 1.165) is 0 Å². The van der Waals surface area contributed by atoms with Gasteiger partial charge in [-0.3, -0.25) is 9.59 Å². The van der Waals surface area contributed by atoms with E-state index in [1.54, 1.807) is 0 Å². The van der Waals surface area contributed by atoms with Crippen LogP contribution in [0.4, 0.5) is 0 Å². The van der Waals surface area contributed by atoms with Crippen LogP contribution in [-0.4, -0.2) is 28.5 Å². The fourth-order valence-electron chi connectivity index (χ4n) is 0.803. The van der Waals surface area contributed by atoms with Crippen LogP contribution in [0.1, 0.15) is 10.4 Å². The predicted molar refractivity (Wildman–Crippen MR) is 54.2 cm³/mol. The molecule has 0 fully saturated rings. The minimum Gasteiger partial charge on any atom is -0.480 e. The molecule has 0 radical (unpaired) electrons. The highest BCUT2D eigenvalue weighted by Gasteiger charge is 2.09. The molecule has 0 aliphatic carbocycles. The molecule has 15 heavy (non-hydrogen) atoms. The van der Waals surface area contributed by atoms with Crippen molar-refractivity contribution in [2.45, 2.75) is 0 Å². The number of carbonyl (C=O) groups is 2. The van der Waals surface area contributed by atoms with Crippen LogP contribution in [0.2, 0.25) is 10.2 Å². The third-order valence-electron chi connectivity index (χ3n) is 1.46. The van der Waals surface area contributed by atoms with Crippen molar-refractivity contribution < 1.29 is 14.7 Å². The number of aromatic nitrogens is 1. The summed E-state index contributed by atoms with van der Waals surface area (Å²) in [4.78, 5) is 25.1. The fraction of sp³-hybridized carbons (Fsp3) is 0.125. The monoisotopic (exact) mass is 248 g/mol. The summed E-state index contributed by atoms with van der Waals surface area (Å²) in [7, 11) is 0. The first-order valence-corrected chi connectivity index (χ1v) is 4.57. The molecule has 0 aromatic carbocycles. The number of aliphatic carboxylic acids is 1. The van der Waals surface area contributed by atoms with E-state index >= 15 is 0 Å². The van der Waals surface area contributed by atoms with Crippen LogP contribution in [0.3, 0.4) is 0 Å². The summed E-state index contributed by atoms with van der Waals surface area (Å²) in [5.41, 5.74) is 0.158. The SMILES string of the molecule is O=C(O)CNC(=O)c1cnc(Cl)c(Cl)c1. The summed E-state index contributed by atoms with van der Waals surface area (Å²) < 4.78 is 0. The lowest BCUT2D eigenvalue weighted by atomic mass is 10.3. The molecule has 2 N–H and O–H groups in total. The van der Waals surface area contributed by atoms with Crippen LogP contribution < -0.4 is 5.32 Å². The van der Waals surface area contributed by atoms with Gasteiger partial charge in [0.05, 0.1) is 10.6 Å². The smallest absolute Gasteiger partial charge is 0.322 e. The second kappa shape index (κ2) is 4.95. The van der Waals surface area contributed by atoms with E-state index in [1.807, 2.05) is 0 Å². The summed E-state index contributed by atoms with van der Waals surface area (Å²) in [5.74, 6) is -1.69. The summed E-state index contributed by atoms with van der Waals surface area (Å²) in [5, 5.41) is 10.7. The van der Waals surface area contributed by atoms with Crippen molar-refractivity contribution in [3.63, 3.8) is 0 Å². The average molecular weight is 249 g/mol. The molecule has 1 aromatic heterocycles. The van der Waals surface area contributed by atoms with E-state index in [0.29, 0.717) is 0 Å². The Morgan fingerprint density at radius 1 is 1.47 bits per heavy atom. The maximum atomic E-state index is 11.3. The highest BCUT2D eigenvalue weighted by Crippen LogP contribution is 2.19. The van der Waals surface area contributed by atoms with E-state index < -0.39 is 18.4 Å². The van der Waals surface area contributed by atoms with E-state index in [1.165, 1.54) is 12.3 Å². The third-order valence-corrected chi connectivity index (χ3v) is 2.14. The van der Waals surface area contributed by atoms with Gasteiger partial charge in [-0.15, -0.1) is 0 Å². The molecular formula is C8H6Cl2N2O3. The maximum Gasteiger partial charge on any atom is 0.322 e. The molecule has 1 aromatic rings. The van der Waals surface area contributed by atoms with Gasteiger partial charge in [-0.2, -0.15) is 0 Å². The van der Waals surface area contributed by atoms with Gasteiger partial charge in [0, 0.05) is 6.20 Å². The van der Waals surface area contributed by atoms with Crippen molar-refractivity contribution >= 4 is 35.1 Å². The molecule has 1 amide bonds. The number of nitrogens with one attached hydrogen (secondary N) is 1. The summed E-state index contributed by atoms with van der Waals surface area (Å²) >= 11 is 11.2. The van der Waals surface area contributed by atoms with Crippen molar-refractivity contribution in [2.75, 3.05) is 6.54 Å². The number of pyridine rings is 1. The lowest BCUT2D eigenvalue weighted by Crippen LogP contribution is -2.29. The Kier molecular flexibility index (Phi) is 3.88. The Labute approximate surface area is 95.0 Å². The minimum atomic E-state index is -1.13. The number of rotatable bonds is 3. The molecule has 0 aliphatic rings. The molecular weight excluding hydrogens is 243 g/mol. The second-order valence-electron chi connectivity index (χ2n) is 2.57. The van der Waals surface area contributed by atoms with E-state index in [9.17, 15) is 9.59 Å². The molecule has 80 valence electrons. The predicted octanol–water partition coefficient (Wildman–Crippen LogP) is 1.20.